The van der Waals surface area contributed by atoms with E-state index >= 15 is 0 Å². The second-order valence-electron chi connectivity index (χ2n) is 4.26. The molecular formula is C13H16BrN3O. The van der Waals surface area contributed by atoms with Crippen LogP contribution in [0, 0.1) is 13.8 Å². The molecule has 0 spiro atoms. The van der Waals surface area contributed by atoms with Crippen LogP contribution in [0.3, 0.4) is 0 Å². The minimum Gasteiger partial charge on any atom is -0.387 e. The Hall–Kier alpha value is -1.20. The molecule has 0 fully saturated rings. The van der Waals surface area contributed by atoms with E-state index in [1.54, 1.807) is 6.20 Å². The number of hydrogen-bond acceptors (Lipinski definition) is 3. The van der Waals surface area contributed by atoms with E-state index in [1.807, 2.05) is 37.6 Å². The fraction of sp³-hybridized carbons (Fsp3) is 0.385. The van der Waals surface area contributed by atoms with Gasteiger partial charge in [-0.25, -0.2) is 4.68 Å². The molecule has 1 atom stereocenters. The number of aryl methyl sites for hydroxylation is 1. The molecule has 4 nitrogen and oxygen atoms in total. The van der Waals surface area contributed by atoms with Gasteiger partial charge in [0.05, 0.1) is 39.5 Å². The highest BCUT2D eigenvalue weighted by Crippen LogP contribution is 2.23. The van der Waals surface area contributed by atoms with Crippen LogP contribution < -0.4 is 0 Å². The molecule has 1 unspecified atom stereocenters. The van der Waals surface area contributed by atoms with Gasteiger partial charge in [0.1, 0.15) is 0 Å². The molecule has 2 rings (SSSR count). The van der Waals surface area contributed by atoms with Gasteiger partial charge in [0, 0.05) is 0 Å². The molecule has 0 saturated heterocycles. The van der Waals surface area contributed by atoms with Gasteiger partial charge in [0.25, 0.3) is 0 Å². The Kier molecular flexibility index (Phi) is 3.82. The van der Waals surface area contributed by atoms with Crippen LogP contribution in [0.15, 0.2) is 22.8 Å². The number of nitrogens with zero attached hydrogens (tertiary/aromatic N) is 3. The summed E-state index contributed by atoms with van der Waals surface area (Å²) in [5.41, 5.74) is 3.58. The fourth-order valence-electron chi connectivity index (χ4n) is 1.80. The largest absolute Gasteiger partial charge is 0.387 e. The molecule has 96 valence electrons. The van der Waals surface area contributed by atoms with Gasteiger partial charge in [0.2, 0.25) is 0 Å². The molecule has 0 saturated carbocycles. The predicted octanol–water partition coefficient (Wildman–Crippen LogP) is 3.09. The average molecular weight is 310 g/mol. The lowest BCUT2D eigenvalue weighted by atomic mass is 10.2. The summed E-state index contributed by atoms with van der Waals surface area (Å²) in [6, 6.07) is 3.76. The first-order valence-electron chi connectivity index (χ1n) is 5.90. The number of halogens is 1. The molecule has 5 heteroatoms. The van der Waals surface area contributed by atoms with Gasteiger partial charge in [-0.15, -0.1) is 0 Å². The summed E-state index contributed by atoms with van der Waals surface area (Å²) in [6.07, 6.45) is 1.91. The molecule has 2 aromatic rings. The number of hydrogen-bond donors (Lipinski definition) is 1. The molecule has 2 aromatic heterocycles. The summed E-state index contributed by atoms with van der Waals surface area (Å²) in [6.45, 7) is 5.88. The number of rotatable bonds is 3. The third-order valence-corrected chi connectivity index (χ3v) is 4.09. The zero-order chi connectivity index (χ0) is 13.3. The summed E-state index contributed by atoms with van der Waals surface area (Å²) in [5, 5.41) is 14.1. The predicted molar refractivity (Wildman–Crippen MR) is 73.8 cm³/mol. The molecule has 1 N–H and O–H groups in total. The lowest BCUT2D eigenvalue weighted by Gasteiger charge is -2.08. The average Bonchev–Trinajstić information content (AvgIpc) is 2.66. The lowest BCUT2D eigenvalue weighted by Crippen LogP contribution is -2.03. The third-order valence-electron chi connectivity index (χ3n) is 2.95. The van der Waals surface area contributed by atoms with Crippen molar-refractivity contribution in [1.29, 1.82) is 0 Å². The fourth-order valence-corrected chi connectivity index (χ4v) is 2.05. The van der Waals surface area contributed by atoms with E-state index in [0.29, 0.717) is 12.1 Å². The Labute approximate surface area is 115 Å². The van der Waals surface area contributed by atoms with E-state index in [9.17, 15) is 5.11 Å². The van der Waals surface area contributed by atoms with Crippen LogP contribution in [0.1, 0.15) is 36.5 Å². The lowest BCUT2D eigenvalue weighted by molar-refractivity contribution is 0.169. The first-order valence-corrected chi connectivity index (χ1v) is 6.70. The Bertz CT molecular complexity index is 548. The van der Waals surface area contributed by atoms with Gasteiger partial charge < -0.3 is 5.11 Å². The van der Waals surface area contributed by atoms with Crippen LogP contribution in [-0.4, -0.2) is 19.9 Å². The molecule has 18 heavy (non-hydrogen) atoms. The van der Waals surface area contributed by atoms with Crippen molar-refractivity contribution in [3.63, 3.8) is 0 Å². The van der Waals surface area contributed by atoms with Crippen molar-refractivity contribution in [2.75, 3.05) is 0 Å². The molecule has 0 aromatic carbocycles. The highest BCUT2D eigenvalue weighted by atomic mass is 79.9. The van der Waals surface area contributed by atoms with Crippen LogP contribution in [-0.2, 0) is 0 Å². The number of aliphatic hydroxyl groups excluding tert-OH is 1. The van der Waals surface area contributed by atoms with E-state index in [1.165, 1.54) is 0 Å². The van der Waals surface area contributed by atoms with Gasteiger partial charge in [-0.1, -0.05) is 6.92 Å². The van der Waals surface area contributed by atoms with E-state index < -0.39 is 6.10 Å². The van der Waals surface area contributed by atoms with E-state index in [-0.39, 0.29) is 0 Å². The van der Waals surface area contributed by atoms with Crippen molar-refractivity contribution in [1.82, 2.24) is 14.8 Å². The Balaban J connectivity index is 2.37. The molecule has 0 aliphatic carbocycles. The van der Waals surface area contributed by atoms with Gasteiger partial charge in [0.15, 0.2) is 0 Å². The normalized spacial score (nSPS) is 12.7. The number of aliphatic hydroxyl groups is 1. The quantitative estimate of drug-likeness (QED) is 0.948. The van der Waals surface area contributed by atoms with Gasteiger partial charge in [-0.2, -0.15) is 5.10 Å². The van der Waals surface area contributed by atoms with Gasteiger partial charge >= 0.3 is 0 Å². The summed E-state index contributed by atoms with van der Waals surface area (Å²) < 4.78 is 2.86. The minimum atomic E-state index is -0.494. The van der Waals surface area contributed by atoms with Crippen molar-refractivity contribution in [3.8, 4) is 5.69 Å². The summed E-state index contributed by atoms with van der Waals surface area (Å²) in [4.78, 5) is 4.28. The maximum absolute atomic E-state index is 9.70. The highest BCUT2D eigenvalue weighted by molar-refractivity contribution is 9.10. The van der Waals surface area contributed by atoms with Gasteiger partial charge in [-0.05, 0) is 48.3 Å². The monoisotopic (exact) mass is 309 g/mol. The van der Waals surface area contributed by atoms with Crippen LogP contribution in [0.25, 0.3) is 5.69 Å². The Morgan fingerprint density at radius 3 is 2.56 bits per heavy atom. The van der Waals surface area contributed by atoms with Crippen molar-refractivity contribution in [3.05, 3.63) is 39.9 Å². The molecule has 0 aliphatic heterocycles. The highest BCUT2D eigenvalue weighted by Gasteiger charge is 2.11. The van der Waals surface area contributed by atoms with Crippen molar-refractivity contribution in [2.45, 2.75) is 33.3 Å². The summed E-state index contributed by atoms with van der Waals surface area (Å²) in [5.74, 6) is 0. The molecule has 0 amide bonds. The van der Waals surface area contributed by atoms with Gasteiger partial charge in [-0.3, -0.25) is 4.98 Å². The minimum absolute atomic E-state index is 0.494. The van der Waals surface area contributed by atoms with Crippen LogP contribution in [0.2, 0.25) is 0 Å². The van der Waals surface area contributed by atoms with Crippen LogP contribution in [0.4, 0.5) is 0 Å². The number of pyridine rings is 1. The van der Waals surface area contributed by atoms with E-state index in [4.69, 9.17) is 0 Å². The molecular weight excluding hydrogens is 294 g/mol. The first kappa shape index (κ1) is 13.2. The molecule has 2 heterocycles. The first-order chi connectivity index (χ1) is 8.54. The molecule has 0 bridgehead atoms. The Morgan fingerprint density at radius 2 is 2.11 bits per heavy atom. The maximum atomic E-state index is 9.70. The zero-order valence-electron chi connectivity index (χ0n) is 10.7. The van der Waals surface area contributed by atoms with Crippen molar-refractivity contribution in [2.24, 2.45) is 0 Å². The molecule has 0 radical (unpaired) electrons. The molecule has 0 aliphatic rings. The van der Waals surface area contributed by atoms with Crippen LogP contribution in [0.5, 0.6) is 0 Å². The number of aromatic nitrogens is 3. The maximum Gasteiger partial charge on any atom is 0.0957 e. The third kappa shape index (κ3) is 2.33. The van der Waals surface area contributed by atoms with E-state index in [0.717, 1.165) is 21.5 Å². The smallest absolute Gasteiger partial charge is 0.0957 e. The van der Waals surface area contributed by atoms with Crippen molar-refractivity contribution >= 4 is 15.9 Å². The standard InChI is InChI=1S/C13H16BrN3O/c1-4-12(18)11-6-5-10(7-15-11)17-9(3)13(14)8(2)16-17/h5-7,12,18H,4H2,1-3H3. The van der Waals surface area contributed by atoms with Crippen molar-refractivity contribution < 1.29 is 5.11 Å². The van der Waals surface area contributed by atoms with E-state index in [2.05, 4.69) is 26.0 Å². The summed E-state index contributed by atoms with van der Waals surface area (Å²) >= 11 is 3.50. The second-order valence-corrected chi connectivity index (χ2v) is 5.05. The second kappa shape index (κ2) is 5.20. The summed E-state index contributed by atoms with van der Waals surface area (Å²) in [7, 11) is 0. The topological polar surface area (TPSA) is 50.9 Å². The van der Waals surface area contributed by atoms with Crippen LogP contribution >= 0.6 is 15.9 Å². The SMILES string of the molecule is CCC(O)c1ccc(-n2nc(C)c(Br)c2C)cn1. The zero-order valence-corrected chi connectivity index (χ0v) is 12.3. The Morgan fingerprint density at radius 1 is 1.39 bits per heavy atom.